The molecule has 2 N–H and O–H groups in total. The molecule has 1 fully saturated rings. The molecular weight excluding hydrogens is 176 g/mol. The molecule has 1 heterocycles. The first-order valence-electron chi connectivity index (χ1n) is 5.79. The molecule has 0 amide bonds. The molecule has 1 aliphatic heterocycles. The second kappa shape index (κ2) is 7.21. The maximum atomic E-state index is 5.47. The average molecular weight is 200 g/mol. The van der Waals surface area contributed by atoms with Crippen LogP contribution in [0.5, 0.6) is 0 Å². The van der Waals surface area contributed by atoms with E-state index in [4.69, 9.17) is 10.5 Å². The van der Waals surface area contributed by atoms with Gasteiger partial charge in [-0.1, -0.05) is 0 Å². The minimum Gasteiger partial charge on any atom is -0.381 e. The van der Waals surface area contributed by atoms with Crippen LogP contribution in [0.1, 0.15) is 25.7 Å². The Hall–Kier alpha value is -0.120. The van der Waals surface area contributed by atoms with Crippen LogP contribution in [0.4, 0.5) is 0 Å². The Labute approximate surface area is 87.6 Å². The van der Waals surface area contributed by atoms with Gasteiger partial charge in [-0.25, -0.2) is 0 Å². The third kappa shape index (κ3) is 4.94. The molecule has 0 saturated carbocycles. The fourth-order valence-corrected chi connectivity index (χ4v) is 1.91. The SMILES string of the molecule is CN(CCCN)CCC1CCOCC1. The first-order valence-corrected chi connectivity index (χ1v) is 5.79. The molecule has 0 aliphatic carbocycles. The lowest BCUT2D eigenvalue weighted by Gasteiger charge is -2.24. The maximum absolute atomic E-state index is 5.47. The lowest BCUT2D eigenvalue weighted by Crippen LogP contribution is -2.26. The second-order valence-corrected chi connectivity index (χ2v) is 4.29. The van der Waals surface area contributed by atoms with E-state index in [1.807, 2.05) is 0 Å². The quantitative estimate of drug-likeness (QED) is 0.697. The molecule has 0 bridgehead atoms. The highest BCUT2D eigenvalue weighted by Crippen LogP contribution is 2.18. The second-order valence-electron chi connectivity index (χ2n) is 4.29. The monoisotopic (exact) mass is 200 g/mol. The molecule has 3 heteroatoms. The van der Waals surface area contributed by atoms with Crippen molar-refractivity contribution in [2.75, 3.05) is 39.9 Å². The van der Waals surface area contributed by atoms with E-state index in [1.165, 1.54) is 25.8 Å². The van der Waals surface area contributed by atoms with Crippen LogP contribution >= 0.6 is 0 Å². The summed E-state index contributed by atoms with van der Waals surface area (Å²) in [6, 6.07) is 0. The van der Waals surface area contributed by atoms with E-state index in [1.54, 1.807) is 0 Å². The molecule has 0 spiro atoms. The van der Waals surface area contributed by atoms with Gasteiger partial charge in [0.05, 0.1) is 0 Å². The highest BCUT2D eigenvalue weighted by molar-refractivity contribution is 4.65. The Morgan fingerprint density at radius 1 is 1.29 bits per heavy atom. The summed E-state index contributed by atoms with van der Waals surface area (Å²) in [7, 11) is 2.19. The largest absolute Gasteiger partial charge is 0.381 e. The average Bonchev–Trinajstić information content (AvgIpc) is 2.25. The summed E-state index contributed by atoms with van der Waals surface area (Å²) in [5.41, 5.74) is 5.47. The molecule has 0 aromatic carbocycles. The minimum atomic E-state index is 0.807. The zero-order valence-corrected chi connectivity index (χ0v) is 9.37. The lowest BCUT2D eigenvalue weighted by molar-refractivity contribution is 0.0610. The Morgan fingerprint density at radius 3 is 2.64 bits per heavy atom. The van der Waals surface area contributed by atoms with Crippen molar-refractivity contribution in [3.05, 3.63) is 0 Å². The van der Waals surface area contributed by atoms with E-state index in [0.29, 0.717) is 0 Å². The summed E-state index contributed by atoms with van der Waals surface area (Å²) in [5, 5.41) is 0. The molecule has 1 aliphatic rings. The van der Waals surface area contributed by atoms with Crippen LogP contribution in [0, 0.1) is 5.92 Å². The molecule has 84 valence electrons. The van der Waals surface area contributed by atoms with Crippen LogP contribution in [0.3, 0.4) is 0 Å². The summed E-state index contributed by atoms with van der Waals surface area (Å²) in [6.45, 7) is 5.10. The predicted octanol–water partition coefficient (Wildman–Crippen LogP) is 1.08. The fourth-order valence-electron chi connectivity index (χ4n) is 1.91. The standard InChI is InChI=1S/C11H24N2O/c1-13(7-2-6-12)8-3-11-4-9-14-10-5-11/h11H,2-10,12H2,1H3. The Morgan fingerprint density at radius 2 is 2.00 bits per heavy atom. The Bertz CT molecular complexity index is 135. The Kier molecular flexibility index (Phi) is 6.15. The van der Waals surface area contributed by atoms with Crippen molar-refractivity contribution in [3.8, 4) is 0 Å². The molecular formula is C11H24N2O. The van der Waals surface area contributed by atoms with Gasteiger partial charge in [0.1, 0.15) is 0 Å². The highest BCUT2D eigenvalue weighted by atomic mass is 16.5. The maximum Gasteiger partial charge on any atom is 0.0468 e. The van der Waals surface area contributed by atoms with Crippen LogP contribution in [0.2, 0.25) is 0 Å². The minimum absolute atomic E-state index is 0.807. The van der Waals surface area contributed by atoms with Crippen LogP contribution in [-0.4, -0.2) is 44.8 Å². The summed E-state index contributed by atoms with van der Waals surface area (Å²) in [6.07, 6.45) is 4.95. The van der Waals surface area contributed by atoms with E-state index >= 15 is 0 Å². The van der Waals surface area contributed by atoms with Gasteiger partial charge in [0, 0.05) is 13.2 Å². The smallest absolute Gasteiger partial charge is 0.0468 e. The van der Waals surface area contributed by atoms with Gasteiger partial charge in [-0.2, -0.15) is 0 Å². The van der Waals surface area contributed by atoms with Crippen LogP contribution in [-0.2, 0) is 4.74 Å². The van der Waals surface area contributed by atoms with E-state index < -0.39 is 0 Å². The van der Waals surface area contributed by atoms with Gasteiger partial charge in [0.25, 0.3) is 0 Å². The molecule has 0 radical (unpaired) electrons. The number of hydrogen-bond acceptors (Lipinski definition) is 3. The van der Waals surface area contributed by atoms with E-state index in [9.17, 15) is 0 Å². The van der Waals surface area contributed by atoms with Gasteiger partial charge in [0.2, 0.25) is 0 Å². The molecule has 3 nitrogen and oxygen atoms in total. The first kappa shape index (κ1) is 12.0. The molecule has 1 rings (SSSR count). The van der Waals surface area contributed by atoms with Gasteiger partial charge >= 0.3 is 0 Å². The van der Waals surface area contributed by atoms with E-state index in [0.717, 1.165) is 38.6 Å². The molecule has 0 unspecified atom stereocenters. The molecule has 0 atom stereocenters. The molecule has 0 aromatic rings. The zero-order valence-electron chi connectivity index (χ0n) is 9.37. The normalized spacial score (nSPS) is 19.1. The zero-order chi connectivity index (χ0) is 10.2. The number of ether oxygens (including phenoxy) is 1. The van der Waals surface area contributed by atoms with Crippen molar-refractivity contribution in [2.45, 2.75) is 25.7 Å². The molecule has 14 heavy (non-hydrogen) atoms. The van der Waals surface area contributed by atoms with Crippen molar-refractivity contribution in [2.24, 2.45) is 11.7 Å². The summed E-state index contributed by atoms with van der Waals surface area (Å²) in [5.74, 6) is 0.893. The summed E-state index contributed by atoms with van der Waals surface area (Å²) in [4.78, 5) is 2.39. The molecule has 0 aromatic heterocycles. The highest BCUT2D eigenvalue weighted by Gasteiger charge is 2.13. The first-order chi connectivity index (χ1) is 6.83. The predicted molar refractivity (Wildman–Crippen MR) is 59.3 cm³/mol. The molecule has 1 saturated heterocycles. The number of nitrogens with two attached hydrogens (primary N) is 1. The van der Waals surface area contributed by atoms with Gasteiger partial charge in [-0.15, -0.1) is 0 Å². The topological polar surface area (TPSA) is 38.5 Å². The van der Waals surface area contributed by atoms with Crippen LogP contribution < -0.4 is 5.73 Å². The van der Waals surface area contributed by atoms with Gasteiger partial charge < -0.3 is 15.4 Å². The van der Waals surface area contributed by atoms with Crippen molar-refractivity contribution in [1.82, 2.24) is 4.90 Å². The van der Waals surface area contributed by atoms with Gasteiger partial charge in [-0.05, 0) is 58.3 Å². The third-order valence-electron chi connectivity index (χ3n) is 3.00. The van der Waals surface area contributed by atoms with Gasteiger partial charge in [0.15, 0.2) is 0 Å². The fraction of sp³-hybridized carbons (Fsp3) is 1.00. The summed E-state index contributed by atoms with van der Waals surface area (Å²) >= 11 is 0. The van der Waals surface area contributed by atoms with Gasteiger partial charge in [-0.3, -0.25) is 0 Å². The van der Waals surface area contributed by atoms with Crippen molar-refractivity contribution in [1.29, 1.82) is 0 Å². The summed E-state index contributed by atoms with van der Waals surface area (Å²) < 4.78 is 5.34. The van der Waals surface area contributed by atoms with Crippen molar-refractivity contribution < 1.29 is 4.74 Å². The number of nitrogens with zero attached hydrogens (tertiary/aromatic N) is 1. The third-order valence-corrected chi connectivity index (χ3v) is 3.00. The number of hydrogen-bond donors (Lipinski definition) is 1. The number of rotatable bonds is 6. The van der Waals surface area contributed by atoms with Crippen molar-refractivity contribution >= 4 is 0 Å². The van der Waals surface area contributed by atoms with E-state index in [2.05, 4.69) is 11.9 Å². The Balaban J connectivity index is 2.00. The lowest BCUT2D eigenvalue weighted by atomic mass is 9.96. The van der Waals surface area contributed by atoms with Crippen molar-refractivity contribution in [3.63, 3.8) is 0 Å². The van der Waals surface area contributed by atoms with E-state index in [-0.39, 0.29) is 0 Å². The van der Waals surface area contributed by atoms with Crippen LogP contribution in [0.25, 0.3) is 0 Å². The van der Waals surface area contributed by atoms with Crippen LogP contribution in [0.15, 0.2) is 0 Å².